The molecule has 0 bridgehead atoms. The van der Waals surface area contributed by atoms with Crippen LogP contribution in [0.15, 0.2) is 24.3 Å². The lowest BCUT2D eigenvalue weighted by atomic mass is 9.99. The quantitative estimate of drug-likeness (QED) is 0.812. The summed E-state index contributed by atoms with van der Waals surface area (Å²) in [6.45, 7) is 3.55. The van der Waals surface area contributed by atoms with Crippen molar-refractivity contribution in [3.63, 3.8) is 0 Å². The van der Waals surface area contributed by atoms with Crippen LogP contribution in [0, 0.1) is 5.92 Å². The number of para-hydroxylation sites is 1. The number of urea groups is 1. The van der Waals surface area contributed by atoms with E-state index in [1.807, 2.05) is 6.92 Å². The van der Waals surface area contributed by atoms with Crippen molar-refractivity contribution in [2.75, 3.05) is 12.4 Å². The van der Waals surface area contributed by atoms with Gasteiger partial charge in [0.1, 0.15) is 6.04 Å². The molecule has 0 aliphatic heterocycles. The van der Waals surface area contributed by atoms with Gasteiger partial charge in [-0.3, -0.25) is 0 Å². The molecule has 1 aromatic rings. The fourth-order valence-electron chi connectivity index (χ4n) is 1.94. The molecule has 2 N–H and O–H groups in total. The fraction of sp³-hybridized carbons (Fsp3) is 0.467. The molecule has 1 rings (SSSR count). The number of halogens is 3. The number of methoxy groups -OCH3 is 1. The first-order valence-electron chi connectivity index (χ1n) is 7.02. The van der Waals surface area contributed by atoms with E-state index in [2.05, 4.69) is 15.4 Å². The molecule has 0 fully saturated rings. The Morgan fingerprint density at radius 3 is 2.39 bits per heavy atom. The third-order valence-electron chi connectivity index (χ3n) is 3.44. The van der Waals surface area contributed by atoms with E-state index >= 15 is 0 Å². The van der Waals surface area contributed by atoms with Gasteiger partial charge < -0.3 is 15.4 Å². The summed E-state index contributed by atoms with van der Waals surface area (Å²) in [6.07, 6.45) is -4.01. The number of anilines is 1. The van der Waals surface area contributed by atoms with Crippen molar-refractivity contribution < 1.29 is 27.5 Å². The number of benzene rings is 1. The maximum absolute atomic E-state index is 12.9. The second kappa shape index (κ2) is 7.85. The molecule has 0 saturated heterocycles. The summed E-state index contributed by atoms with van der Waals surface area (Å²) in [5.74, 6) is -0.885. The summed E-state index contributed by atoms with van der Waals surface area (Å²) in [6, 6.07) is 2.75. The molecule has 0 aliphatic rings. The first kappa shape index (κ1) is 18.8. The van der Waals surface area contributed by atoms with Gasteiger partial charge in [-0.05, 0) is 18.1 Å². The first-order chi connectivity index (χ1) is 10.7. The Kier molecular flexibility index (Phi) is 6.41. The minimum Gasteiger partial charge on any atom is -0.467 e. The van der Waals surface area contributed by atoms with Gasteiger partial charge in [0, 0.05) is 0 Å². The van der Waals surface area contributed by atoms with Gasteiger partial charge in [0.15, 0.2) is 0 Å². The van der Waals surface area contributed by atoms with E-state index in [0.717, 1.165) is 12.1 Å². The number of nitrogens with one attached hydrogen (secondary N) is 2. The van der Waals surface area contributed by atoms with E-state index in [4.69, 9.17) is 0 Å². The van der Waals surface area contributed by atoms with Crippen molar-refractivity contribution in [2.24, 2.45) is 5.92 Å². The summed E-state index contributed by atoms with van der Waals surface area (Å²) in [4.78, 5) is 23.6. The second-order valence-electron chi connectivity index (χ2n) is 5.03. The Bertz CT molecular complexity index is 561. The van der Waals surface area contributed by atoms with Crippen LogP contribution in [0.3, 0.4) is 0 Å². The van der Waals surface area contributed by atoms with E-state index in [-0.39, 0.29) is 11.6 Å². The van der Waals surface area contributed by atoms with E-state index in [9.17, 15) is 22.8 Å². The van der Waals surface area contributed by atoms with E-state index in [0.29, 0.717) is 6.42 Å². The number of carbonyl (C=O) groups is 2. The molecule has 0 saturated carbocycles. The van der Waals surface area contributed by atoms with Crippen LogP contribution in [0.1, 0.15) is 25.8 Å². The zero-order chi connectivity index (χ0) is 17.6. The molecule has 128 valence electrons. The molecule has 0 aromatic heterocycles. The molecule has 0 radical (unpaired) electrons. The van der Waals surface area contributed by atoms with Gasteiger partial charge in [0.2, 0.25) is 0 Å². The van der Waals surface area contributed by atoms with Crippen molar-refractivity contribution in [1.82, 2.24) is 5.32 Å². The molecule has 1 aromatic carbocycles. The Hall–Kier alpha value is -2.25. The number of amides is 2. The molecule has 5 nitrogen and oxygen atoms in total. The number of rotatable bonds is 5. The number of hydrogen-bond acceptors (Lipinski definition) is 3. The van der Waals surface area contributed by atoms with Crippen molar-refractivity contribution in [2.45, 2.75) is 32.5 Å². The zero-order valence-corrected chi connectivity index (χ0v) is 13.0. The summed E-state index contributed by atoms with van der Waals surface area (Å²) >= 11 is 0. The average molecular weight is 332 g/mol. The van der Waals surface area contributed by atoms with Crippen molar-refractivity contribution in [1.29, 1.82) is 0 Å². The van der Waals surface area contributed by atoms with Crippen LogP contribution in [0.2, 0.25) is 0 Å². The lowest BCUT2D eigenvalue weighted by Crippen LogP contribution is -2.47. The monoisotopic (exact) mass is 332 g/mol. The predicted molar refractivity (Wildman–Crippen MR) is 78.9 cm³/mol. The minimum atomic E-state index is -4.59. The third-order valence-corrected chi connectivity index (χ3v) is 3.44. The Morgan fingerprint density at radius 1 is 1.26 bits per heavy atom. The summed E-state index contributed by atoms with van der Waals surface area (Å²) in [5.41, 5.74) is -1.35. The van der Waals surface area contributed by atoms with Crippen LogP contribution in [-0.2, 0) is 15.7 Å². The molecule has 2 atom stereocenters. The van der Waals surface area contributed by atoms with Gasteiger partial charge >= 0.3 is 18.2 Å². The highest BCUT2D eigenvalue weighted by Crippen LogP contribution is 2.34. The van der Waals surface area contributed by atoms with Crippen LogP contribution < -0.4 is 10.6 Å². The zero-order valence-electron chi connectivity index (χ0n) is 13.0. The smallest absolute Gasteiger partial charge is 0.418 e. The summed E-state index contributed by atoms with van der Waals surface area (Å²) in [5, 5.41) is 4.48. The molecule has 0 spiro atoms. The Morgan fingerprint density at radius 2 is 1.87 bits per heavy atom. The minimum absolute atomic E-state index is 0.231. The SMILES string of the molecule is CC[C@@H](C)[C@@H](NC(=O)Nc1ccccc1C(F)(F)F)C(=O)OC. The fourth-order valence-corrected chi connectivity index (χ4v) is 1.94. The number of carbonyl (C=O) groups excluding carboxylic acids is 2. The maximum Gasteiger partial charge on any atom is 0.418 e. The van der Waals surface area contributed by atoms with Gasteiger partial charge in [-0.25, -0.2) is 9.59 Å². The predicted octanol–water partition coefficient (Wildman–Crippen LogP) is 3.41. The molecule has 0 unspecified atom stereocenters. The molecule has 23 heavy (non-hydrogen) atoms. The lowest BCUT2D eigenvalue weighted by molar-refractivity contribution is -0.144. The van der Waals surface area contributed by atoms with Gasteiger partial charge in [0.25, 0.3) is 0 Å². The molecule has 2 amide bonds. The average Bonchev–Trinajstić information content (AvgIpc) is 2.50. The summed E-state index contributed by atoms with van der Waals surface area (Å²) in [7, 11) is 1.18. The van der Waals surface area contributed by atoms with Gasteiger partial charge in [0.05, 0.1) is 18.4 Å². The normalized spacial score (nSPS) is 13.8. The molecular formula is C15H19F3N2O3. The van der Waals surface area contributed by atoms with Crippen LogP contribution in [-0.4, -0.2) is 25.2 Å². The van der Waals surface area contributed by atoms with Crippen LogP contribution in [0.5, 0.6) is 0 Å². The number of esters is 1. The van der Waals surface area contributed by atoms with Crippen molar-refractivity contribution >= 4 is 17.7 Å². The highest BCUT2D eigenvalue weighted by molar-refractivity contribution is 5.93. The standard InChI is InChI=1S/C15H19F3N2O3/c1-4-9(2)12(13(21)23-3)20-14(22)19-11-8-6-5-7-10(11)15(16,17)18/h5-9,12H,4H2,1-3H3,(H2,19,20,22)/t9-,12-/m1/s1. The topological polar surface area (TPSA) is 67.4 Å². The van der Waals surface area contributed by atoms with Crippen LogP contribution in [0.25, 0.3) is 0 Å². The van der Waals surface area contributed by atoms with E-state index in [1.54, 1.807) is 6.92 Å². The number of alkyl halides is 3. The van der Waals surface area contributed by atoms with E-state index < -0.39 is 29.8 Å². The lowest BCUT2D eigenvalue weighted by Gasteiger charge is -2.22. The maximum atomic E-state index is 12.9. The van der Waals surface area contributed by atoms with E-state index in [1.165, 1.54) is 19.2 Å². The largest absolute Gasteiger partial charge is 0.467 e. The van der Waals surface area contributed by atoms with Gasteiger partial charge in [-0.15, -0.1) is 0 Å². The summed E-state index contributed by atoms with van der Waals surface area (Å²) < 4.78 is 43.2. The van der Waals surface area contributed by atoms with Crippen molar-refractivity contribution in [3.05, 3.63) is 29.8 Å². The Labute approximate surface area is 132 Å². The highest BCUT2D eigenvalue weighted by atomic mass is 19.4. The van der Waals surface area contributed by atoms with Crippen molar-refractivity contribution in [3.8, 4) is 0 Å². The third kappa shape index (κ3) is 5.15. The molecule has 8 heteroatoms. The van der Waals surface area contributed by atoms with Gasteiger partial charge in [-0.1, -0.05) is 32.4 Å². The van der Waals surface area contributed by atoms with Gasteiger partial charge in [-0.2, -0.15) is 13.2 Å². The number of ether oxygens (including phenoxy) is 1. The molecule has 0 aliphatic carbocycles. The van der Waals surface area contributed by atoms with Crippen LogP contribution >= 0.6 is 0 Å². The second-order valence-corrected chi connectivity index (χ2v) is 5.03. The number of hydrogen-bond donors (Lipinski definition) is 2. The molecule has 0 heterocycles. The molecular weight excluding hydrogens is 313 g/mol. The highest BCUT2D eigenvalue weighted by Gasteiger charge is 2.34. The van der Waals surface area contributed by atoms with Crippen LogP contribution in [0.4, 0.5) is 23.7 Å². The Balaban J connectivity index is 2.90. The first-order valence-corrected chi connectivity index (χ1v) is 7.02.